The van der Waals surface area contributed by atoms with Gasteiger partial charge in [0, 0.05) is 27.7 Å². The first-order valence-corrected chi connectivity index (χ1v) is 10.1. The van der Waals surface area contributed by atoms with E-state index in [2.05, 4.69) is 5.32 Å². The van der Waals surface area contributed by atoms with Gasteiger partial charge in [-0.2, -0.15) is 0 Å². The molecule has 7 heteroatoms. The van der Waals surface area contributed by atoms with Crippen LogP contribution in [0.1, 0.15) is 31.9 Å². The van der Waals surface area contributed by atoms with E-state index in [0.29, 0.717) is 20.6 Å². The van der Waals surface area contributed by atoms with Crippen molar-refractivity contribution in [2.75, 3.05) is 0 Å². The molecule has 0 heterocycles. The van der Waals surface area contributed by atoms with Crippen LogP contribution < -0.4 is 5.32 Å². The zero-order valence-corrected chi connectivity index (χ0v) is 18.3. The first-order valence-electron chi connectivity index (χ1n) is 8.95. The van der Waals surface area contributed by atoms with Gasteiger partial charge in [-0.25, -0.2) is 0 Å². The minimum absolute atomic E-state index is 0.0202. The number of amides is 2. The van der Waals surface area contributed by atoms with Gasteiger partial charge in [0.25, 0.3) is 0 Å². The van der Waals surface area contributed by atoms with E-state index >= 15 is 0 Å². The number of hydrogen-bond donors (Lipinski definition) is 1. The molecule has 0 saturated carbocycles. The molecule has 1 N–H and O–H groups in total. The lowest BCUT2D eigenvalue weighted by molar-refractivity contribution is -0.140. The molecule has 0 saturated heterocycles. The maximum absolute atomic E-state index is 13.1. The minimum Gasteiger partial charge on any atom is -0.352 e. The Morgan fingerprint density at radius 3 is 2.14 bits per heavy atom. The first-order chi connectivity index (χ1) is 13.2. The molecular formula is C21H23Cl3N2O2. The Kier molecular flexibility index (Phi) is 8.17. The van der Waals surface area contributed by atoms with E-state index in [-0.39, 0.29) is 30.8 Å². The average Bonchev–Trinajstić information content (AvgIpc) is 2.62. The maximum Gasteiger partial charge on any atom is 0.242 e. The normalized spacial score (nSPS) is 12.0. The summed E-state index contributed by atoms with van der Waals surface area (Å²) in [6.07, 6.45) is 0.0723. The maximum atomic E-state index is 13.1. The summed E-state index contributed by atoms with van der Waals surface area (Å²) in [7, 11) is 0. The lowest BCUT2D eigenvalue weighted by atomic mass is 10.1. The predicted molar refractivity (Wildman–Crippen MR) is 115 cm³/mol. The molecule has 0 spiro atoms. The number of benzene rings is 2. The van der Waals surface area contributed by atoms with Crippen LogP contribution in [0.15, 0.2) is 42.5 Å². The van der Waals surface area contributed by atoms with Crippen LogP contribution in [0.4, 0.5) is 0 Å². The largest absolute Gasteiger partial charge is 0.352 e. The van der Waals surface area contributed by atoms with Crippen molar-refractivity contribution in [2.45, 2.75) is 45.8 Å². The fourth-order valence-corrected chi connectivity index (χ4v) is 3.31. The highest BCUT2D eigenvalue weighted by atomic mass is 35.5. The van der Waals surface area contributed by atoms with Crippen LogP contribution in [0.5, 0.6) is 0 Å². The fourth-order valence-electron chi connectivity index (χ4n) is 2.70. The third kappa shape index (κ3) is 6.40. The number of nitrogens with zero attached hydrogens (tertiary/aromatic N) is 1. The molecule has 0 bridgehead atoms. The molecule has 1 atom stereocenters. The summed E-state index contributed by atoms with van der Waals surface area (Å²) in [5, 5.41) is 4.40. The molecule has 28 heavy (non-hydrogen) atoms. The molecule has 0 aromatic heterocycles. The zero-order chi connectivity index (χ0) is 20.8. The van der Waals surface area contributed by atoms with Crippen molar-refractivity contribution in [3.05, 3.63) is 68.7 Å². The molecule has 2 aromatic carbocycles. The Hall–Kier alpha value is -1.75. The van der Waals surface area contributed by atoms with Gasteiger partial charge in [-0.1, -0.05) is 53.0 Å². The Morgan fingerprint density at radius 2 is 1.57 bits per heavy atom. The van der Waals surface area contributed by atoms with Gasteiger partial charge < -0.3 is 10.2 Å². The third-order valence-electron chi connectivity index (χ3n) is 4.22. The minimum atomic E-state index is -0.642. The van der Waals surface area contributed by atoms with E-state index < -0.39 is 6.04 Å². The van der Waals surface area contributed by atoms with Crippen LogP contribution in [-0.2, 0) is 22.6 Å². The summed E-state index contributed by atoms with van der Waals surface area (Å²) in [6, 6.07) is 11.5. The van der Waals surface area contributed by atoms with Crippen molar-refractivity contribution in [3.8, 4) is 0 Å². The Bertz CT molecular complexity index is 838. The van der Waals surface area contributed by atoms with Crippen molar-refractivity contribution in [2.24, 2.45) is 0 Å². The quantitative estimate of drug-likeness (QED) is 0.647. The molecule has 0 aliphatic carbocycles. The molecule has 4 nitrogen and oxygen atoms in total. The number of nitrogens with one attached hydrogen (secondary N) is 1. The summed E-state index contributed by atoms with van der Waals surface area (Å²) in [5.74, 6) is -0.412. The summed E-state index contributed by atoms with van der Waals surface area (Å²) in [4.78, 5) is 27.2. The van der Waals surface area contributed by atoms with E-state index in [0.717, 1.165) is 5.56 Å². The molecule has 2 aromatic rings. The van der Waals surface area contributed by atoms with Crippen LogP contribution in [0.25, 0.3) is 0 Å². The van der Waals surface area contributed by atoms with Gasteiger partial charge in [-0.15, -0.1) is 0 Å². The van der Waals surface area contributed by atoms with Crippen LogP contribution in [0, 0.1) is 0 Å². The smallest absolute Gasteiger partial charge is 0.242 e. The molecule has 2 rings (SSSR count). The predicted octanol–water partition coefficient (Wildman–Crippen LogP) is 5.13. The third-order valence-corrected chi connectivity index (χ3v) is 5.06. The Morgan fingerprint density at radius 1 is 0.964 bits per heavy atom. The van der Waals surface area contributed by atoms with E-state index in [9.17, 15) is 9.59 Å². The highest BCUT2D eigenvalue weighted by Crippen LogP contribution is 2.23. The van der Waals surface area contributed by atoms with E-state index in [1.54, 1.807) is 42.2 Å². The molecule has 0 fully saturated rings. The second-order valence-corrected chi connectivity index (χ2v) is 8.18. The second kappa shape index (κ2) is 10.1. The highest BCUT2D eigenvalue weighted by molar-refractivity contribution is 6.35. The fraction of sp³-hybridized carbons (Fsp3) is 0.333. The standard InChI is InChI=1S/C21H23Cl3N2O2/c1-13(2)25-21(28)14(3)26(12-15-4-7-17(22)8-5-15)20(27)10-16-6-9-18(23)11-19(16)24/h4-9,11,13-14H,10,12H2,1-3H3,(H,25,28). The summed E-state index contributed by atoms with van der Waals surface area (Å²) < 4.78 is 0. The first kappa shape index (κ1) is 22.5. The van der Waals surface area contributed by atoms with E-state index in [4.69, 9.17) is 34.8 Å². The van der Waals surface area contributed by atoms with Gasteiger partial charge in [0.05, 0.1) is 6.42 Å². The van der Waals surface area contributed by atoms with Gasteiger partial charge in [-0.3, -0.25) is 9.59 Å². The van der Waals surface area contributed by atoms with Crippen molar-refractivity contribution in [1.82, 2.24) is 10.2 Å². The van der Waals surface area contributed by atoms with E-state index in [1.165, 1.54) is 0 Å². The monoisotopic (exact) mass is 440 g/mol. The van der Waals surface area contributed by atoms with Crippen molar-refractivity contribution in [3.63, 3.8) is 0 Å². The molecule has 2 amide bonds. The Balaban J connectivity index is 2.26. The lowest BCUT2D eigenvalue weighted by Crippen LogP contribution is -2.49. The second-order valence-electron chi connectivity index (χ2n) is 6.90. The number of carbonyl (C=O) groups excluding carboxylic acids is 2. The number of carbonyl (C=O) groups is 2. The Labute approximate surface area is 180 Å². The number of hydrogen-bond acceptors (Lipinski definition) is 2. The van der Waals surface area contributed by atoms with Crippen LogP contribution in [0.2, 0.25) is 15.1 Å². The van der Waals surface area contributed by atoms with E-state index in [1.807, 2.05) is 26.0 Å². The van der Waals surface area contributed by atoms with Gasteiger partial charge in [0.1, 0.15) is 6.04 Å². The van der Waals surface area contributed by atoms with Crippen molar-refractivity contribution < 1.29 is 9.59 Å². The number of halogens is 3. The summed E-state index contributed by atoms with van der Waals surface area (Å²) >= 11 is 18.1. The molecular weight excluding hydrogens is 419 g/mol. The zero-order valence-electron chi connectivity index (χ0n) is 16.0. The molecule has 0 radical (unpaired) electrons. The molecule has 0 aliphatic rings. The lowest BCUT2D eigenvalue weighted by Gasteiger charge is -2.29. The summed E-state index contributed by atoms with van der Waals surface area (Å²) in [5.41, 5.74) is 1.54. The molecule has 1 unspecified atom stereocenters. The van der Waals surface area contributed by atoms with Crippen molar-refractivity contribution >= 4 is 46.6 Å². The van der Waals surface area contributed by atoms with Gasteiger partial charge in [-0.05, 0) is 56.2 Å². The SMILES string of the molecule is CC(C)NC(=O)C(C)N(Cc1ccc(Cl)cc1)C(=O)Cc1ccc(Cl)cc1Cl. The molecule has 0 aliphatic heterocycles. The summed E-state index contributed by atoms with van der Waals surface area (Å²) in [6.45, 7) is 5.76. The van der Waals surface area contributed by atoms with Gasteiger partial charge in [0.2, 0.25) is 11.8 Å². The highest BCUT2D eigenvalue weighted by Gasteiger charge is 2.27. The van der Waals surface area contributed by atoms with Gasteiger partial charge >= 0.3 is 0 Å². The van der Waals surface area contributed by atoms with Gasteiger partial charge in [0.15, 0.2) is 0 Å². The average molecular weight is 442 g/mol. The van der Waals surface area contributed by atoms with Crippen molar-refractivity contribution in [1.29, 1.82) is 0 Å². The van der Waals surface area contributed by atoms with Crippen LogP contribution in [0.3, 0.4) is 0 Å². The van der Waals surface area contributed by atoms with Crippen LogP contribution >= 0.6 is 34.8 Å². The van der Waals surface area contributed by atoms with Crippen LogP contribution in [-0.4, -0.2) is 28.8 Å². The number of rotatable bonds is 7. The topological polar surface area (TPSA) is 49.4 Å². The molecule has 150 valence electrons.